The summed E-state index contributed by atoms with van der Waals surface area (Å²) in [5.74, 6) is -1.02. The van der Waals surface area contributed by atoms with Gasteiger partial charge in [-0.2, -0.15) is 5.26 Å². The van der Waals surface area contributed by atoms with Crippen LogP contribution in [0.1, 0.15) is 18.4 Å². The number of halogens is 2. The van der Waals surface area contributed by atoms with Gasteiger partial charge in [-0.3, -0.25) is 0 Å². The summed E-state index contributed by atoms with van der Waals surface area (Å²) in [6, 6.07) is 3.84. The topological polar surface area (TPSA) is 39.1 Å². The number of rotatable bonds is 3. The van der Waals surface area contributed by atoms with Crippen molar-refractivity contribution >= 4 is 5.69 Å². The Balaban J connectivity index is 2.01. The summed E-state index contributed by atoms with van der Waals surface area (Å²) in [6.07, 6.45) is 2.18. The summed E-state index contributed by atoms with van der Waals surface area (Å²) in [6.45, 7) is 2.56. The SMILES string of the molecule is CN1CCCC(CNc2c(F)cc(C#N)cc2F)C1. The molecular formula is C14H17F2N3. The van der Waals surface area contributed by atoms with E-state index in [1.54, 1.807) is 6.07 Å². The molecule has 0 saturated carbocycles. The summed E-state index contributed by atoms with van der Waals surface area (Å²) in [4.78, 5) is 2.22. The van der Waals surface area contributed by atoms with Crippen LogP contribution in [0.5, 0.6) is 0 Å². The fraction of sp³-hybridized carbons (Fsp3) is 0.500. The Labute approximate surface area is 111 Å². The minimum Gasteiger partial charge on any atom is -0.380 e. The van der Waals surface area contributed by atoms with Gasteiger partial charge in [-0.15, -0.1) is 0 Å². The molecule has 19 heavy (non-hydrogen) atoms. The molecule has 0 amide bonds. The third-order valence-corrected chi connectivity index (χ3v) is 3.46. The van der Waals surface area contributed by atoms with Crippen LogP contribution in [-0.2, 0) is 0 Å². The van der Waals surface area contributed by atoms with E-state index in [9.17, 15) is 8.78 Å². The predicted octanol–water partition coefficient (Wildman–Crippen LogP) is 2.59. The molecule has 1 aromatic carbocycles. The zero-order valence-corrected chi connectivity index (χ0v) is 10.9. The van der Waals surface area contributed by atoms with Crippen LogP contribution >= 0.6 is 0 Å². The fourth-order valence-electron chi connectivity index (χ4n) is 2.49. The van der Waals surface area contributed by atoms with E-state index in [1.165, 1.54) is 0 Å². The quantitative estimate of drug-likeness (QED) is 0.913. The van der Waals surface area contributed by atoms with Gasteiger partial charge in [-0.05, 0) is 44.5 Å². The smallest absolute Gasteiger partial charge is 0.150 e. The second-order valence-electron chi connectivity index (χ2n) is 5.08. The van der Waals surface area contributed by atoms with Crippen LogP contribution in [0.3, 0.4) is 0 Å². The summed E-state index contributed by atoms with van der Waals surface area (Å²) in [5, 5.41) is 11.5. The third-order valence-electron chi connectivity index (χ3n) is 3.46. The lowest BCUT2D eigenvalue weighted by molar-refractivity contribution is 0.217. The van der Waals surface area contributed by atoms with E-state index in [4.69, 9.17) is 5.26 Å². The molecule has 1 saturated heterocycles. The maximum Gasteiger partial charge on any atom is 0.150 e. The number of hydrogen-bond donors (Lipinski definition) is 1. The number of nitrogens with zero attached hydrogens (tertiary/aromatic N) is 2. The van der Waals surface area contributed by atoms with Crippen LogP contribution in [0.2, 0.25) is 0 Å². The zero-order chi connectivity index (χ0) is 13.8. The van der Waals surface area contributed by atoms with Crippen molar-refractivity contribution in [3.63, 3.8) is 0 Å². The lowest BCUT2D eigenvalue weighted by Crippen LogP contribution is -2.35. The number of likely N-dealkylation sites (tertiary alicyclic amines) is 1. The molecule has 1 N–H and O–H groups in total. The van der Waals surface area contributed by atoms with Crippen LogP contribution in [0.15, 0.2) is 12.1 Å². The number of piperidine rings is 1. The molecule has 1 unspecified atom stereocenters. The van der Waals surface area contributed by atoms with Gasteiger partial charge < -0.3 is 10.2 Å². The highest BCUT2D eigenvalue weighted by molar-refractivity contribution is 5.50. The molecule has 102 valence electrons. The van der Waals surface area contributed by atoms with Gasteiger partial charge in [-0.25, -0.2) is 8.78 Å². The Morgan fingerprint density at radius 1 is 1.42 bits per heavy atom. The molecule has 1 atom stereocenters. The number of anilines is 1. The molecule has 5 heteroatoms. The monoisotopic (exact) mass is 265 g/mol. The second kappa shape index (κ2) is 5.98. The molecule has 0 bridgehead atoms. The average Bonchev–Trinajstić information content (AvgIpc) is 2.37. The van der Waals surface area contributed by atoms with Gasteiger partial charge in [0.15, 0.2) is 11.6 Å². The minimum atomic E-state index is -0.708. The van der Waals surface area contributed by atoms with E-state index in [2.05, 4.69) is 17.3 Å². The van der Waals surface area contributed by atoms with Crippen molar-refractivity contribution in [3.8, 4) is 6.07 Å². The molecule has 1 aliphatic rings. The van der Waals surface area contributed by atoms with Crippen molar-refractivity contribution < 1.29 is 8.78 Å². The van der Waals surface area contributed by atoms with Crippen LogP contribution in [0.25, 0.3) is 0 Å². The molecule has 1 aliphatic heterocycles. The molecule has 0 aliphatic carbocycles. The van der Waals surface area contributed by atoms with Gasteiger partial charge >= 0.3 is 0 Å². The van der Waals surface area contributed by atoms with E-state index in [0.29, 0.717) is 12.5 Å². The molecule has 1 fully saturated rings. The van der Waals surface area contributed by atoms with Crippen LogP contribution in [0, 0.1) is 28.9 Å². The number of nitrogens with one attached hydrogen (secondary N) is 1. The molecular weight excluding hydrogens is 248 g/mol. The van der Waals surface area contributed by atoms with E-state index in [-0.39, 0.29) is 11.3 Å². The summed E-state index contributed by atoms with van der Waals surface area (Å²) in [7, 11) is 2.05. The Morgan fingerprint density at radius 2 is 2.11 bits per heavy atom. The molecule has 0 radical (unpaired) electrons. The molecule has 1 aromatic rings. The highest BCUT2D eigenvalue weighted by atomic mass is 19.1. The van der Waals surface area contributed by atoms with Gasteiger partial charge in [-0.1, -0.05) is 0 Å². The fourth-order valence-corrected chi connectivity index (χ4v) is 2.49. The van der Waals surface area contributed by atoms with E-state index >= 15 is 0 Å². The number of benzene rings is 1. The normalized spacial score (nSPS) is 20.0. The van der Waals surface area contributed by atoms with Crippen molar-refractivity contribution in [2.75, 3.05) is 32.0 Å². The summed E-state index contributed by atoms with van der Waals surface area (Å²) in [5.41, 5.74) is -0.134. The lowest BCUT2D eigenvalue weighted by atomic mass is 9.98. The van der Waals surface area contributed by atoms with Crippen LogP contribution in [0.4, 0.5) is 14.5 Å². The Morgan fingerprint density at radius 3 is 2.68 bits per heavy atom. The van der Waals surface area contributed by atoms with E-state index < -0.39 is 11.6 Å². The first-order valence-electron chi connectivity index (χ1n) is 6.41. The highest BCUT2D eigenvalue weighted by Gasteiger charge is 2.18. The van der Waals surface area contributed by atoms with Gasteiger partial charge in [0, 0.05) is 13.1 Å². The molecule has 2 rings (SSSR count). The Kier molecular flexibility index (Phi) is 4.33. The first-order valence-corrected chi connectivity index (χ1v) is 6.41. The van der Waals surface area contributed by atoms with Crippen molar-refractivity contribution in [1.82, 2.24) is 4.90 Å². The zero-order valence-electron chi connectivity index (χ0n) is 10.9. The predicted molar refractivity (Wildman–Crippen MR) is 69.8 cm³/mol. The molecule has 3 nitrogen and oxygen atoms in total. The van der Waals surface area contributed by atoms with E-state index in [1.807, 2.05) is 0 Å². The van der Waals surface area contributed by atoms with Crippen molar-refractivity contribution in [2.45, 2.75) is 12.8 Å². The maximum absolute atomic E-state index is 13.7. The lowest BCUT2D eigenvalue weighted by Gasteiger charge is -2.30. The minimum absolute atomic E-state index is 0.00190. The number of nitriles is 1. The summed E-state index contributed by atoms with van der Waals surface area (Å²) >= 11 is 0. The first-order chi connectivity index (χ1) is 9.10. The second-order valence-corrected chi connectivity index (χ2v) is 5.08. The van der Waals surface area contributed by atoms with Gasteiger partial charge in [0.2, 0.25) is 0 Å². The summed E-state index contributed by atoms with van der Waals surface area (Å²) < 4.78 is 27.3. The number of hydrogen-bond acceptors (Lipinski definition) is 3. The Bertz CT molecular complexity index is 473. The van der Waals surface area contributed by atoms with Gasteiger partial charge in [0.25, 0.3) is 0 Å². The van der Waals surface area contributed by atoms with Crippen molar-refractivity contribution in [2.24, 2.45) is 5.92 Å². The largest absolute Gasteiger partial charge is 0.380 e. The third kappa shape index (κ3) is 3.42. The van der Waals surface area contributed by atoms with Crippen LogP contribution < -0.4 is 5.32 Å². The maximum atomic E-state index is 13.7. The van der Waals surface area contributed by atoms with Crippen molar-refractivity contribution in [1.29, 1.82) is 5.26 Å². The first kappa shape index (κ1) is 13.8. The van der Waals surface area contributed by atoms with Crippen molar-refractivity contribution in [3.05, 3.63) is 29.3 Å². The van der Waals surface area contributed by atoms with E-state index in [0.717, 1.165) is 38.1 Å². The van der Waals surface area contributed by atoms with Gasteiger partial charge in [0.05, 0.1) is 11.6 Å². The Hall–Kier alpha value is -1.67. The molecule has 0 spiro atoms. The van der Waals surface area contributed by atoms with Gasteiger partial charge in [0.1, 0.15) is 5.69 Å². The van der Waals surface area contributed by atoms with Crippen LogP contribution in [-0.4, -0.2) is 31.6 Å². The molecule has 0 aromatic heterocycles. The highest BCUT2D eigenvalue weighted by Crippen LogP contribution is 2.22. The molecule has 1 heterocycles. The average molecular weight is 265 g/mol. The standard InChI is InChI=1S/C14H17F2N3/c1-19-4-2-3-10(9-19)8-18-14-12(15)5-11(7-17)6-13(14)16/h5-6,10,18H,2-4,8-9H2,1H3.